The molecule has 1 saturated carbocycles. The van der Waals surface area contributed by atoms with Gasteiger partial charge in [-0.25, -0.2) is 0 Å². The standard InChI is InChI=1S/C16H22BrNO2/c17-15-4-2-1-3-14(15)16(11-18-12-5-6-12)20-13-7-9-19-10-8-13/h1-4,12-13,16,18H,5-11H2. The summed E-state index contributed by atoms with van der Waals surface area (Å²) < 4.78 is 12.9. The minimum Gasteiger partial charge on any atom is -0.381 e. The molecule has 0 spiro atoms. The fourth-order valence-electron chi connectivity index (χ4n) is 2.57. The third-order valence-electron chi connectivity index (χ3n) is 3.95. The molecule has 1 saturated heterocycles. The van der Waals surface area contributed by atoms with Crippen LogP contribution in [0.3, 0.4) is 0 Å². The summed E-state index contributed by atoms with van der Waals surface area (Å²) >= 11 is 3.65. The monoisotopic (exact) mass is 339 g/mol. The Morgan fingerprint density at radius 1 is 1.20 bits per heavy atom. The SMILES string of the molecule is Brc1ccccc1C(CNC1CC1)OC1CCOCC1. The van der Waals surface area contributed by atoms with Crippen molar-refractivity contribution in [3.63, 3.8) is 0 Å². The van der Waals surface area contributed by atoms with Gasteiger partial charge in [0.1, 0.15) is 0 Å². The highest BCUT2D eigenvalue weighted by atomic mass is 79.9. The summed E-state index contributed by atoms with van der Waals surface area (Å²) in [6.07, 6.45) is 5.06. The van der Waals surface area contributed by atoms with E-state index in [2.05, 4.69) is 39.4 Å². The van der Waals surface area contributed by atoms with E-state index in [0.29, 0.717) is 12.1 Å². The number of benzene rings is 1. The van der Waals surface area contributed by atoms with Gasteiger partial charge in [0.2, 0.25) is 0 Å². The molecule has 1 heterocycles. The average Bonchev–Trinajstić information content (AvgIpc) is 3.29. The fourth-order valence-corrected chi connectivity index (χ4v) is 3.11. The zero-order chi connectivity index (χ0) is 13.8. The van der Waals surface area contributed by atoms with Gasteiger partial charge >= 0.3 is 0 Å². The third-order valence-corrected chi connectivity index (χ3v) is 4.67. The largest absolute Gasteiger partial charge is 0.381 e. The van der Waals surface area contributed by atoms with Gasteiger partial charge in [0, 0.05) is 30.3 Å². The van der Waals surface area contributed by atoms with Crippen LogP contribution >= 0.6 is 15.9 Å². The van der Waals surface area contributed by atoms with E-state index >= 15 is 0 Å². The molecule has 2 fully saturated rings. The van der Waals surface area contributed by atoms with Crippen molar-refractivity contribution in [1.29, 1.82) is 0 Å². The molecule has 1 aromatic carbocycles. The predicted molar refractivity (Wildman–Crippen MR) is 82.8 cm³/mol. The maximum atomic E-state index is 6.36. The van der Waals surface area contributed by atoms with Gasteiger partial charge in [-0.15, -0.1) is 0 Å². The second-order valence-electron chi connectivity index (χ2n) is 5.64. The molecule has 0 aromatic heterocycles. The summed E-state index contributed by atoms with van der Waals surface area (Å²) in [5.74, 6) is 0. The number of nitrogens with one attached hydrogen (secondary N) is 1. The molecule has 1 unspecified atom stereocenters. The number of rotatable bonds is 6. The number of hydrogen-bond donors (Lipinski definition) is 1. The topological polar surface area (TPSA) is 30.5 Å². The first-order valence-electron chi connectivity index (χ1n) is 7.54. The molecule has 1 aliphatic carbocycles. The van der Waals surface area contributed by atoms with E-state index in [-0.39, 0.29) is 6.10 Å². The number of halogens is 1. The van der Waals surface area contributed by atoms with Crippen LogP contribution in [0.25, 0.3) is 0 Å². The van der Waals surface area contributed by atoms with Gasteiger partial charge < -0.3 is 14.8 Å². The second kappa shape index (κ2) is 7.03. The molecule has 3 rings (SSSR count). The van der Waals surface area contributed by atoms with E-state index in [1.165, 1.54) is 18.4 Å². The first-order chi connectivity index (χ1) is 9.83. The van der Waals surface area contributed by atoms with Gasteiger partial charge in [0.05, 0.1) is 12.2 Å². The maximum Gasteiger partial charge on any atom is 0.0963 e. The molecule has 20 heavy (non-hydrogen) atoms. The molecular weight excluding hydrogens is 318 g/mol. The van der Waals surface area contributed by atoms with E-state index < -0.39 is 0 Å². The van der Waals surface area contributed by atoms with Crippen molar-refractivity contribution in [3.05, 3.63) is 34.3 Å². The Morgan fingerprint density at radius 3 is 2.65 bits per heavy atom. The summed E-state index contributed by atoms with van der Waals surface area (Å²) in [6.45, 7) is 2.54. The highest BCUT2D eigenvalue weighted by molar-refractivity contribution is 9.10. The van der Waals surface area contributed by atoms with Crippen molar-refractivity contribution in [2.45, 2.75) is 43.9 Å². The lowest BCUT2D eigenvalue weighted by Gasteiger charge is -2.28. The Labute approximate surface area is 129 Å². The van der Waals surface area contributed by atoms with Gasteiger partial charge in [-0.1, -0.05) is 34.1 Å². The third kappa shape index (κ3) is 4.04. The molecule has 4 heteroatoms. The number of ether oxygens (including phenoxy) is 2. The molecule has 1 atom stereocenters. The molecule has 0 radical (unpaired) electrons. The Kier molecular flexibility index (Phi) is 5.10. The summed E-state index contributed by atoms with van der Waals surface area (Å²) in [6, 6.07) is 9.08. The molecule has 2 aliphatic rings. The molecule has 0 bridgehead atoms. The van der Waals surface area contributed by atoms with E-state index in [9.17, 15) is 0 Å². The van der Waals surface area contributed by atoms with Crippen LogP contribution in [0.2, 0.25) is 0 Å². The van der Waals surface area contributed by atoms with Crippen LogP contribution in [0, 0.1) is 0 Å². The van der Waals surface area contributed by atoms with Crippen LogP contribution in [-0.4, -0.2) is 31.9 Å². The van der Waals surface area contributed by atoms with E-state index in [0.717, 1.165) is 37.1 Å². The van der Waals surface area contributed by atoms with Crippen molar-refractivity contribution in [3.8, 4) is 0 Å². The Balaban J connectivity index is 1.66. The maximum absolute atomic E-state index is 6.36. The Bertz CT molecular complexity index is 430. The Hall–Kier alpha value is -0.420. The summed E-state index contributed by atoms with van der Waals surface area (Å²) in [5.41, 5.74) is 1.24. The van der Waals surface area contributed by atoms with Crippen LogP contribution in [0.5, 0.6) is 0 Å². The highest BCUT2D eigenvalue weighted by Gasteiger charge is 2.26. The molecule has 0 amide bonds. The van der Waals surface area contributed by atoms with E-state index in [1.54, 1.807) is 0 Å². The van der Waals surface area contributed by atoms with E-state index in [4.69, 9.17) is 9.47 Å². The van der Waals surface area contributed by atoms with Gasteiger partial charge in [-0.3, -0.25) is 0 Å². The van der Waals surface area contributed by atoms with Crippen molar-refractivity contribution in [2.75, 3.05) is 19.8 Å². The zero-order valence-electron chi connectivity index (χ0n) is 11.7. The summed E-state index contributed by atoms with van der Waals surface area (Å²) in [4.78, 5) is 0. The smallest absolute Gasteiger partial charge is 0.0963 e. The zero-order valence-corrected chi connectivity index (χ0v) is 13.3. The first kappa shape index (κ1) is 14.5. The molecular formula is C16H22BrNO2. The van der Waals surface area contributed by atoms with Crippen LogP contribution in [0.15, 0.2) is 28.7 Å². The van der Waals surface area contributed by atoms with Crippen LogP contribution < -0.4 is 5.32 Å². The average molecular weight is 340 g/mol. The molecule has 3 nitrogen and oxygen atoms in total. The van der Waals surface area contributed by atoms with Gasteiger partial charge in [0.15, 0.2) is 0 Å². The van der Waals surface area contributed by atoms with Gasteiger partial charge in [0.25, 0.3) is 0 Å². The second-order valence-corrected chi connectivity index (χ2v) is 6.49. The van der Waals surface area contributed by atoms with Crippen molar-refractivity contribution in [1.82, 2.24) is 5.32 Å². The minimum absolute atomic E-state index is 0.120. The molecule has 110 valence electrons. The quantitative estimate of drug-likeness (QED) is 0.861. The molecule has 1 N–H and O–H groups in total. The fraction of sp³-hybridized carbons (Fsp3) is 0.625. The minimum atomic E-state index is 0.120. The molecule has 1 aliphatic heterocycles. The lowest BCUT2D eigenvalue weighted by molar-refractivity contribution is -0.0692. The van der Waals surface area contributed by atoms with E-state index in [1.807, 2.05) is 6.07 Å². The number of hydrogen-bond acceptors (Lipinski definition) is 3. The first-order valence-corrected chi connectivity index (χ1v) is 8.33. The lowest BCUT2D eigenvalue weighted by Crippen LogP contribution is -2.31. The van der Waals surface area contributed by atoms with Crippen molar-refractivity contribution >= 4 is 15.9 Å². The van der Waals surface area contributed by atoms with Crippen LogP contribution in [0.4, 0.5) is 0 Å². The molecule has 1 aromatic rings. The van der Waals surface area contributed by atoms with Crippen molar-refractivity contribution < 1.29 is 9.47 Å². The normalized spacial score (nSPS) is 21.9. The van der Waals surface area contributed by atoms with Gasteiger partial charge in [-0.2, -0.15) is 0 Å². The van der Waals surface area contributed by atoms with Crippen molar-refractivity contribution in [2.24, 2.45) is 0 Å². The summed E-state index contributed by atoms with van der Waals surface area (Å²) in [7, 11) is 0. The Morgan fingerprint density at radius 2 is 1.95 bits per heavy atom. The predicted octanol–water partition coefficient (Wildman–Crippen LogP) is 3.44. The lowest BCUT2D eigenvalue weighted by atomic mass is 10.1. The van der Waals surface area contributed by atoms with Crippen LogP contribution in [-0.2, 0) is 9.47 Å². The van der Waals surface area contributed by atoms with Crippen LogP contribution in [0.1, 0.15) is 37.4 Å². The highest BCUT2D eigenvalue weighted by Crippen LogP contribution is 2.29. The summed E-state index contributed by atoms with van der Waals surface area (Å²) in [5, 5.41) is 3.59. The van der Waals surface area contributed by atoms with Gasteiger partial charge in [-0.05, 0) is 37.3 Å².